The molecule has 18 heavy (non-hydrogen) atoms. The van der Waals surface area contributed by atoms with Crippen LogP contribution in [-0.2, 0) is 0 Å². The first-order valence-corrected chi connectivity index (χ1v) is 6.67. The Morgan fingerprint density at radius 1 is 1.56 bits per heavy atom. The van der Waals surface area contributed by atoms with E-state index in [0.29, 0.717) is 23.2 Å². The molecule has 1 aromatic carbocycles. The number of halogens is 2. The van der Waals surface area contributed by atoms with Gasteiger partial charge in [0.2, 0.25) is 0 Å². The molecule has 4 nitrogen and oxygen atoms in total. The SMILES string of the molecule is CCOc1ccc(C(N)c2ncc(Br)[nH]2)cc1Cl. The summed E-state index contributed by atoms with van der Waals surface area (Å²) in [7, 11) is 0. The predicted octanol–water partition coefficient (Wildman–Crippen LogP) is 3.27. The smallest absolute Gasteiger partial charge is 0.137 e. The Labute approximate surface area is 119 Å². The average Bonchev–Trinajstić information content (AvgIpc) is 2.78. The number of imidazole rings is 1. The van der Waals surface area contributed by atoms with Gasteiger partial charge >= 0.3 is 0 Å². The van der Waals surface area contributed by atoms with E-state index in [1.54, 1.807) is 12.3 Å². The first kappa shape index (κ1) is 13.4. The lowest BCUT2D eigenvalue weighted by Gasteiger charge is -2.12. The molecule has 1 aromatic heterocycles. The number of rotatable bonds is 4. The van der Waals surface area contributed by atoms with E-state index >= 15 is 0 Å². The normalized spacial score (nSPS) is 12.4. The van der Waals surface area contributed by atoms with Gasteiger partial charge in [-0.25, -0.2) is 4.98 Å². The molecular weight excluding hydrogens is 318 g/mol. The molecule has 0 spiro atoms. The van der Waals surface area contributed by atoms with Crippen molar-refractivity contribution in [3.05, 3.63) is 45.4 Å². The number of benzene rings is 1. The van der Waals surface area contributed by atoms with Crippen LogP contribution in [0.4, 0.5) is 0 Å². The van der Waals surface area contributed by atoms with E-state index in [0.717, 1.165) is 10.2 Å². The first-order chi connectivity index (χ1) is 8.61. The lowest BCUT2D eigenvalue weighted by Crippen LogP contribution is -2.13. The molecule has 2 aromatic rings. The lowest BCUT2D eigenvalue weighted by molar-refractivity contribution is 0.340. The molecule has 1 atom stereocenters. The van der Waals surface area contributed by atoms with Crippen LogP contribution >= 0.6 is 27.5 Å². The minimum absolute atomic E-state index is 0.343. The fraction of sp³-hybridized carbons (Fsp3) is 0.250. The molecule has 0 bridgehead atoms. The number of nitrogens with zero attached hydrogens (tertiary/aromatic N) is 1. The van der Waals surface area contributed by atoms with Gasteiger partial charge in [0.15, 0.2) is 0 Å². The standard InChI is InChI=1S/C12H13BrClN3O/c1-2-18-9-4-3-7(5-8(9)14)11(15)12-16-6-10(13)17-12/h3-6,11H,2,15H2,1H3,(H,16,17). The Hall–Kier alpha value is -1.04. The maximum Gasteiger partial charge on any atom is 0.137 e. The molecule has 0 aliphatic heterocycles. The van der Waals surface area contributed by atoms with E-state index < -0.39 is 0 Å². The molecule has 2 rings (SSSR count). The molecule has 0 fully saturated rings. The molecule has 0 aliphatic rings. The Morgan fingerprint density at radius 2 is 2.33 bits per heavy atom. The van der Waals surface area contributed by atoms with Crippen LogP contribution in [0, 0.1) is 0 Å². The van der Waals surface area contributed by atoms with E-state index in [-0.39, 0.29) is 6.04 Å². The Balaban J connectivity index is 2.26. The topological polar surface area (TPSA) is 63.9 Å². The molecule has 0 saturated heterocycles. The number of hydrogen-bond donors (Lipinski definition) is 2. The van der Waals surface area contributed by atoms with Gasteiger partial charge in [-0.3, -0.25) is 0 Å². The van der Waals surface area contributed by atoms with Gasteiger partial charge in [0.05, 0.1) is 23.9 Å². The Kier molecular flexibility index (Phi) is 4.27. The first-order valence-electron chi connectivity index (χ1n) is 5.50. The van der Waals surface area contributed by atoms with Gasteiger partial charge in [0.25, 0.3) is 0 Å². The number of aromatic amines is 1. The zero-order valence-electron chi connectivity index (χ0n) is 9.78. The van der Waals surface area contributed by atoms with Crippen LogP contribution in [-0.4, -0.2) is 16.6 Å². The summed E-state index contributed by atoms with van der Waals surface area (Å²) in [6, 6.07) is 5.16. The van der Waals surface area contributed by atoms with Crippen molar-refractivity contribution in [1.29, 1.82) is 0 Å². The molecule has 96 valence electrons. The molecule has 1 heterocycles. The third kappa shape index (κ3) is 2.85. The van der Waals surface area contributed by atoms with Crippen molar-refractivity contribution in [2.45, 2.75) is 13.0 Å². The third-order valence-electron chi connectivity index (χ3n) is 2.47. The highest BCUT2D eigenvalue weighted by Crippen LogP contribution is 2.29. The van der Waals surface area contributed by atoms with Crippen molar-refractivity contribution < 1.29 is 4.74 Å². The largest absolute Gasteiger partial charge is 0.492 e. The van der Waals surface area contributed by atoms with Gasteiger partial charge in [-0.15, -0.1) is 0 Å². The van der Waals surface area contributed by atoms with Crippen molar-refractivity contribution in [1.82, 2.24) is 9.97 Å². The summed E-state index contributed by atoms with van der Waals surface area (Å²) in [5, 5.41) is 0.551. The van der Waals surface area contributed by atoms with Crippen LogP contribution in [0.5, 0.6) is 5.75 Å². The molecule has 3 N–H and O–H groups in total. The minimum atomic E-state index is -0.343. The molecule has 0 aliphatic carbocycles. The van der Waals surface area contributed by atoms with Gasteiger partial charge in [-0.05, 0) is 40.5 Å². The molecule has 0 saturated carbocycles. The van der Waals surface area contributed by atoms with E-state index in [4.69, 9.17) is 22.1 Å². The van der Waals surface area contributed by atoms with Crippen molar-refractivity contribution in [3.63, 3.8) is 0 Å². The van der Waals surface area contributed by atoms with Crippen LogP contribution in [0.3, 0.4) is 0 Å². The second-order valence-corrected chi connectivity index (χ2v) is 4.98. The van der Waals surface area contributed by atoms with Crippen LogP contribution in [0.15, 0.2) is 29.0 Å². The summed E-state index contributed by atoms with van der Waals surface area (Å²) in [5.41, 5.74) is 6.99. The molecule has 0 amide bonds. The summed E-state index contributed by atoms with van der Waals surface area (Å²) >= 11 is 9.42. The quantitative estimate of drug-likeness (QED) is 0.904. The van der Waals surface area contributed by atoms with Gasteiger partial charge in [0, 0.05) is 0 Å². The van der Waals surface area contributed by atoms with Crippen LogP contribution < -0.4 is 10.5 Å². The maximum atomic E-state index is 6.12. The van der Waals surface area contributed by atoms with E-state index in [9.17, 15) is 0 Å². The van der Waals surface area contributed by atoms with E-state index in [1.165, 1.54) is 0 Å². The summed E-state index contributed by atoms with van der Waals surface area (Å²) in [4.78, 5) is 7.22. The lowest BCUT2D eigenvalue weighted by atomic mass is 10.1. The Morgan fingerprint density at radius 3 is 2.89 bits per heavy atom. The summed E-state index contributed by atoms with van der Waals surface area (Å²) in [6.07, 6.45) is 1.67. The molecule has 6 heteroatoms. The van der Waals surface area contributed by atoms with Crippen molar-refractivity contribution in [2.24, 2.45) is 5.73 Å². The molecular formula is C12H13BrClN3O. The highest BCUT2D eigenvalue weighted by atomic mass is 79.9. The molecule has 0 radical (unpaired) electrons. The van der Waals surface area contributed by atoms with Crippen LogP contribution in [0.25, 0.3) is 0 Å². The number of H-pyrrole nitrogens is 1. The number of nitrogens with two attached hydrogens (primary N) is 1. The number of aromatic nitrogens is 2. The summed E-state index contributed by atoms with van der Waals surface area (Å²) < 4.78 is 6.17. The highest BCUT2D eigenvalue weighted by molar-refractivity contribution is 9.10. The van der Waals surface area contributed by atoms with Gasteiger partial charge in [-0.1, -0.05) is 17.7 Å². The number of ether oxygens (including phenoxy) is 1. The zero-order valence-corrected chi connectivity index (χ0v) is 12.1. The summed E-state index contributed by atoms with van der Waals surface area (Å²) in [5.74, 6) is 1.35. The fourth-order valence-corrected chi connectivity index (χ4v) is 2.16. The predicted molar refractivity (Wildman–Crippen MR) is 74.9 cm³/mol. The van der Waals surface area contributed by atoms with Gasteiger partial charge < -0.3 is 15.5 Å². The van der Waals surface area contributed by atoms with E-state index in [1.807, 2.05) is 19.1 Å². The van der Waals surface area contributed by atoms with Crippen molar-refractivity contribution in [3.8, 4) is 5.75 Å². The van der Waals surface area contributed by atoms with Gasteiger partial charge in [-0.2, -0.15) is 0 Å². The number of hydrogen-bond acceptors (Lipinski definition) is 3. The van der Waals surface area contributed by atoms with Crippen LogP contribution in [0.2, 0.25) is 5.02 Å². The van der Waals surface area contributed by atoms with Crippen LogP contribution in [0.1, 0.15) is 24.4 Å². The Bertz CT molecular complexity index is 544. The van der Waals surface area contributed by atoms with Crippen molar-refractivity contribution >= 4 is 27.5 Å². The second kappa shape index (κ2) is 5.73. The zero-order chi connectivity index (χ0) is 13.1. The van der Waals surface area contributed by atoms with Gasteiger partial charge in [0.1, 0.15) is 16.2 Å². The summed E-state index contributed by atoms with van der Waals surface area (Å²) in [6.45, 7) is 2.49. The maximum absolute atomic E-state index is 6.12. The monoisotopic (exact) mass is 329 g/mol. The number of nitrogens with one attached hydrogen (secondary N) is 1. The minimum Gasteiger partial charge on any atom is -0.492 e. The fourth-order valence-electron chi connectivity index (χ4n) is 1.61. The molecule has 1 unspecified atom stereocenters. The van der Waals surface area contributed by atoms with E-state index in [2.05, 4.69) is 25.9 Å². The van der Waals surface area contributed by atoms with Crippen molar-refractivity contribution in [2.75, 3.05) is 6.61 Å². The highest BCUT2D eigenvalue weighted by Gasteiger charge is 2.14. The third-order valence-corrected chi connectivity index (χ3v) is 3.17. The average molecular weight is 331 g/mol. The second-order valence-electron chi connectivity index (χ2n) is 3.72.